The summed E-state index contributed by atoms with van der Waals surface area (Å²) < 4.78 is 43.3. The number of nitrogens with zero attached hydrogens (tertiary/aromatic N) is 1. The molecule has 0 aliphatic heterocycles. The van der Waals surface area contributed by atoms with Crippen LogP contribution in [0.4, 0.5) is 13.2 Å². The fraction of sp³-hybridized carbons (Fsp3) is 0.364. The molecule has 3 N–H and O–H groups in total. The molecule has 18 heavy (non-hydrogen) atoms. The molecule has 0 aromatic heterocycles. The van der Waals surface area contributed by atoms with Gasteiger partial charge < -0.3 is 15.7 Å². The van der Waals surface area contributed by atoms with E-state index in [4.69, 9.17) is 15.7 Å². The van der Waals surface area contributed by atoms with Gasteiger partial charge in [0.1, 0.15) is 5.75 Å². The summed E-state index contributed by atoms with van der Waals surface area (Å²) in [6.45, 7) is 2.25. The molecule has 0 radical (unpaired) electrons. The zero-order chi connectivity index (χ0) is 13.8. The molecule has 1 aromatic rings. The molecule has 0 aliphatic rings. The van der Waals surface area contributed by atoms with Gasteiger partial charge >= 0.3 is 6.18 Å². The fourth-order valence-corrected chi connectivity index (χ4v) is 1.35. The SMILES string of the molecule is CCCOc1ccc(C(F)(F)F)c(/C(N)=N/O)c1. The van der Waals surface area contributed by atoms with E-state index in [1.165, 1.54) is 6.07 Å². The zero-order valence-electron chi connectivity index (χ0n) is 9.66. The van der Waals surface area contributed by atoms with Crippen LogP contribution in [0, 0.1) is 0 Å². The van der Waals surface area contributed by atoms with E-state index >= 15 is 0 Å². The summed E-state index contributed by atoms with van der Waals surface area (Å²) in [4.78, 5) is 0. The molecular formula is C11H13F3N2O2. The van der Waals surface area contributed by atoms with Gasteiger partial charge in [-0.3, -0.25) is 0 Å². The molecule has 1 rings (SSSR count). The number of oxime groups is 1. The van der Waals surface area contributed by atoms with E-state index < -0.39 is 23.1 Å². The van der Waals surface area contributed by atoms with Crippen LogP contribution in [0.3, 0.4) is 0 Å². The molecule has 0 fully saturated rings. The normalized spacial score (nSPS) is 12.6. The van der Waals surface area contributed by atoms with Crippen molar-refractivity contribution in [3.05, 3.63) is 29.3 Å². The Hall–Kier alpha value is -1.92. The van der Waals surface area contributed by atoms with E-state index in [1.54, 1.807) is 0 Å². The van der Waals surface area contributed by atoms with Crippen LogP contribution in [-0.4, -0.2) is 17.6 Å². The number of alkyl halides is 3. The molecule has 0 amide bonds. The second-order valence-corrected chi connectivity index (χ2v) is 3.54. The van der Waals surface area contributed by atoms with Gasteiger partial charge in [-0.15, -0.1) is 0 Å². The second kappa shape index (κ2) is 5.61. The number of hydrogen-bond donors (Lipinski definition) is 2. The first kappa shape index (κ1) is 14.1. The van der Waals surface area contributed by atoms with E-state index in [-0.39, 0.29) is 5.75 Å². The topological polar surface area (TPSA) is 67.8 Å². The molecular weight excluding hydrogens is 249 g/mol. The maximum Gasteiger partial charge on any atom is 0.417 e. The van der Waals surface area contributed by atoms with Crippen LogP contribution in [0.25, 0.3) is 0 Å². The molecule has 7 heteroatoms. The van der Waals surface area contributed by atoms with Gasteiger partial charge in [-0.25, -0.2) is 0 Å². The quantitative estimate of drug-likeness (QED) is 0.379. The van der Waals surface area contributed by atoms with Crippen molar-refractivity contribution in [3.8, 4) is 5.75 Å². The van der Waals surface area contributed by atoms with Crippen LogP contribution in [0.1, 0.15) is 24.5 Å². The Morgan fingerprint density at radius 3 is 2.61 bits per heavy atom. The van der Waals surface area contributed by atoms with Gasteiger partial charge in [0.25, 0.3) is 0 Å². The number of nitrogens with two attached hydrogens (primary N) is 1. The predicted octanol–water partition coefficient (Wildman–Crippen LogP) is 2.59. The summed E-state index contributed by atoms with van der Waals surface area (Å²) in [6.07, 6.45) is -3.85. The second-order valence-electron chi connectivity index (χ2n) is 3.54. The molecule has 0 spiro atoms. The largest absolute Gasteiger partial charge is 0.494 e. The lowest BCUT2D eigenvalue weighted by Gasteiger charge is -2.13. The lowest BCUT2D eigenvalue weighted by molar-refractivity contribution is -0.137. The van der Waals surface area contributed by atoms with Gasteiger partial charge in [0.2, 0.25) is 0 Å². The number of halogens is 3. The standard InChI is InChI=1S/C11H13F3N2O2/c1-2-5-18-7-3-4-9(11(12,13)14)8(6-7)10(15)16-17/h3-4,6,17H,2,5H2,1H3,(H2,15,16). The van der Waals surface area contributed by atoms with Crippen molar-refractivity contribution >= 4 is 5.84 Å². The predicted molar refractivity (Wildman–Crippen MR) is 59.7 cm³/mol. The number of benzene rings is 1. The molecule has 0 bridgehead atoms. The molecule has 0 saturated heterocycles. The summed E-state index contributed by atoms with van der Waals surface area (Å²) >= 11 is 0. The monoisotopic (exact) mass is 262 g/mol. The Kier molecular flexibility index (Phi) is 4.41. The summed E-state index contributed by atoms with van der Waals surface area (Å²) in [5.41, 5.74) is 3.86. The van der Waals surface area contributed by atoms with Crippen LogP contribution in [0.15, 0.2) is 23.4 Å². The molecule has 1 aromatic carbocycles. The Bertz CT molecular complexity index is 444. The lowest BCUT2D eigenvalue weighted by atomic mass is 10.1. The van der Waals surface area contributed by atoms with Crippen molar-refractivity contribution in [2.24, 2.45) is 10.9 Å². The van der Waals surface area contributed by atoms with Gasteiger partial charge in [0.05, 0.1) is 12.2 Å². The Morgan fingerprint density at radius 1 is 1.44 bits per heavy atom. The minimum absolute atomic E-state index is 0.242. The number of amidine groups is 1. The van der Waals surface area contributed by atoms with Gasteiger partial charge in [0.15, 0.2) is 5.84 Å². The van der Waals surface area contributed by atoms with E-state index in [9.17, 15) is 13.2 Å². The van der Waals surface area contributed by atoms with Crippen molar-refractivity contribution in [1.29, 1.82) is 0 Å². The van der Waals surface area contributed by atoms with E-state index in [2.05, 4.69) is 5.16 Å². The minimum atomic E-state index is -4.58. The summed E-state index contributed by atoms with van der Waals surface area (Å²) in [6, 6.07) is 3.15. The van der Waals surface area contributed by atoms with Gasteiger partial charge in [0, 0.05) is 5.56 Å². The fourth-order valence-electron chi connectivity index (χ4n) is 1.35. The first-order valence-corrected chi connectivity index (χ1v) is 5.22. The van der Waals surface area contributed by atoms with E-state index in [0.717, 1.165) is 18.6 Å². The smallest absolute Gasteiger partial charge is 0.417 e. The first-order chi connectivity index (χ1) is 8.40. The molecule has 0 aliphatic carbocycles. The van der Waals surface area contributed by atoms with Crippen molar-refractivity contribution < 1.29 is 23.1 Å². The maximum absolute atomic E-state index is 12.7. The molecule has 4 nitrogen and oxygen atoms in total. The van der Waals surface area contributed by atoms with Crippen molar-refractivity contribution in [2.45, 2.75) is 19.5 Å². The number of rotatable bonds is 4. The number of ether oxygens (including phenoxy) is 1. The summed E-state index contributed by atoms with van der Waals surface area (Å²) in [5.74, 6) is -0.365. The van der Waals surface area contributed by atoms with Crippen LogP contribution in [-0.2, 0) is 6.18 Å². The number of hydrogen-bond acceptors (Lipinski definition) is 3. The van der Waals surface area contributed by atoms with Gasteiger partial charge in [-0.05, 0) is 24.6 Å². The third-order valence-electron chi connectivity index (χ3n) is 2.15. The van der Waals surface area contributed by atoms with Crippen molar-refractivity contribution in [3.63, 3.8) is 0 Å². The highest BCUT2D eigenvalue weighted by molar-refractivity contribution is 5.99. The van der Waals surface area contributed by atoms with Crippen LogP contribution >= 0.6 is 0 Å². The molecule has 0 saturated carbocycles. The van der Waals surface area contributed by atoms with Gasteiger partial charge in [-0.1, -0.05) is 12.1 Å². The third-order valence-corrected chi connectivity index (χ3v) is 2.15. The van der Waals surface area contributed by atoms with Crippen molar-refractivity contribution in [2.75, 3.05) is 6.61 Å². The van der Waals surface area contributed by atoms with Crippen LogP contribution in [0.5, 0.6) is 5.75 Å². The molecule has 0 unspecified atom stereocenters. The Morgan fingerprint density at radius 2 is 2.11 bits per heavy atom. The minimum Gasteiger partial charge on any atom is -0.494 e. The van der Waals surface area contributed by atoms with Crippen LogP contribution < -0.4 is 10.5 Å². The van der Waals surface area contributed by atoms with Gasteiger partial charge in [-0.2, -0.15) is 13.2 Å². The van der Waals surface area contributed by atoms with E-state index in [0.29, 0.717) is 6.61 Å². The molecule has 0 atom stereocenters. The average Bonchev–Trinajstić information content (AvgIpc) is 2.33. The maximum atomic E-state index is 12.7. The highest BCUT2D eigenvalue weighted by atomic mass is 19.4. The lowest BCUT2D eigenvalue weighted by Crippen LogP contribution is -2.20. The Labute approximate surface area is 102 Å². The van der Waals surface area contributed by atoms with Crippen LogP contribution in [0.2, 0.25) is 0 Å². The molecule has 100 valence electrons. The summed E-state index contributed by atoms with van der Waals surface area (Å²) in [5, 5.41) is 11.1. The van der Waals surface area contributed by atoms with E-state index in [1.807, 2.05) is 6.92 Å². The average molecular weight is 262 g/mol. The first-order valence-electron chi connectivity index (χ1n) is 5.22. The summed E-state index contributed by atoms with van der Waals surface area (Å²) in [7, 11) is 0. The highest BCUT2D eigenvalue weighted by Crippen LogP contribution is 2.33. The Balaban J connectivity index is 3.21. The molecule has 0 heterocycles. The highest BCUT2D eigenvalue weighted by Gasteiger charge is 2.34. The third kappa shape index (κ3) is 3.28. The zero-order valence-corrected chi connectivity index (χ0v) is 9.66. The van der Waals surface area contributed by atoms with Crippen molar-refractivity contribution in [1.82, 2.24) is 0 Å².